The van der Waals surface area contributed by atoms with E-state index >= 15 is 0 Å². The summed E-state index contributed by atoms with van der Waals surface area (Å²) in [5, 5.41) is 7.91. The predicted octanol–water partition coefficient (Wildman–Crippen LogP) is 2.06. The van der Waals surface area contributed by atoms with E-state index in [9.17, 15) is 0 Å². The summed E-state index contributed by atoms with van der Waals surface area (Å²) in [6.45, 7) is 0. The lowest BCUT2D eigenvalue weighted by molar-refractivity contribution is 1.18. The SMILES string of the molecule is Nc1ccncc1/N=N/c1cnccc1N. The van der Waals surface area contributed by atoms with Crippen molar-refractivity contribution < 1.29 is 0 Å². The van der Waals surface area contributed by atoms with Gasteiger partial charge in [-0.15, -0.1) is 10.2 Å². The first-order valence-corrected chi connectivity index (χ1v) is 4.58. The van der Waals surface area contributed by atoms with Crippen LogP contribution in [-0.4, -0.2) is 9.97 Å². The third-order valence-electron chi connectivity index (χ3n) is 1.93. The Balaban J connectivity index is 2.29. The molecule has 2 heterocycles. The number of azo groups is 1. The number of pyridine rings is 2. The van der Waals surface area contributed by atoms with Gasteiger partial charge < -0.3 is 11.5 Å². The summed E-state index contributed by atoms with van der Waals surface area (Å²) in [5.74, 6) is 0. The second-order valence-electron chi connectivity index (χ2n) is 3.07. The van der Waals surface area contributed by atoms with Crippen molar-refractivity contribution in [2.75, 3.05) is 11.5 Å². The summed E-state index contributed by atoms with van der Waals surface area (Å²) in [4.78, 5) is 7.80. The third-order valence-corrected chi connectivity index (χ3v) is 1.93. The fourth-order valence-corrected chi connectivity index (χ4v) is 1.07. The van der Waals surface area contributed by atoms with E-state index < -0.39 is 0 Å². The Kier molecular flexibility index (Phi) is 2.73. The molecule has 2 rings (SSSR count). The van der Waals surface area contributed by atoms with Crippen molar-refractivity contribution in [2.45, 2.75) is 0 Å². The first-order valence-electron chi connectivity index (χ1n) is 4.58. The van der Waals surface area contributed by atoms with Crippen LogP contribution in [0.4, 0.5) is 22.7 Å². The molecule has 0 amide bonds. The summed E-state index contributed by atoms with van der Waals surface area (Å²) in [6.07, 6.45) is 6.25. The molecule has 0 bridgehead atoms. The van der Waals surface area contributed by atoms with Crippen LogP contribution in [0.5, 0.6) is 0 Å². The van der Waals surface area contributed by atoms with Gasteiger partial charge in [-0.2, -0.15) is 0 Å². The predicted molar refractivity (Wildman–Crippen MR) is 61.5 cm³/mol. The lowest BCUT2D eigenvalue weighted by atomic mass is 10.3. The van der Waals surface area contributed by atoms with Crippen LogP contribution in [0.25, 0.3) is 0 Å². The zero-order chi connectivity index (χ0) is 11.4. The van der Waals surface area contributed by atoms with E-state index in [1.165, 1.54) is 12.4 Å². The lowest BCUT2D eigenvalue weighted by Crippen LogP contribution is -1.86. The molecule has 6 nitrogen and oxygen atoms in total. The number of anilines is 2. The third kappa shape index (κ3) is 2.11. The molecule has 2 aromatic rings. The standard InChI is InChI=1S/C10H10N6/c11-7-1-3-13-5-9(7)15-16-10-6-14-4-2-8(10)12/h1-6H,(H2,11,13)(H2,12,14)/b16-15+. The Morgan fingerprint density at radius 2 is 1.25 bits per heavy atom. The number of nitrogens with two attached hydrogens (primary N) is 2. The van der Waals surface area contributed by atoms with E-state index in [2.05, 4.69) is 20.2 Å². The van der Waals surface area contributed by atoms with Crippen molar-refractivity contribution in [3.63, 3.8) is 0 Å². The number of hydrogen-bond donors (Lipinski definition) is 2. The fourth-order valence-electron chi connectivity index (χ4n) is 1.07. The number of hydrogen-bond acceptors (Lipinski definition) is 6. The number of nitrogens with zero attached hydrogens (tertiary/aromatic N) is 4. The van der Waals surface area contributed by atoms with E-state index in [1.54, 1.807) is 24.5 Å². The maximum atomic E-state index is 5.68. The minimum absolute atomic E-state index is 0.505. The van der Waals surface area contributed by atoms with Crippen LogP contribution in [-0.2, 0) is 0 Å². The molecule has 0 aliphatic heterocycles. The van der Waals surface area contributed by atoms with Gasteiger partial charge in [0.05, 0.1) is 23.8 Å². The largest absolute Gasteiger partial charge is 0.397 e. The van der Waals surface area contributed by atoms with Crippen LogP contribution < -0.4 is 11.5 Å². The molecule has 0 unspecified atom stereocenters. The second-order valence-corrected chi connectivity index (χ2v) is 3.07. The van der Waals surface area contributed by atoms with Gasteiger partial charge in [0.25, 0.3) is 0 Å². The summed E-state index contributed by atoms with van der Waals surface area (Å²) in [7, 11) is 0. The molecule has 0 fully saturated rings. The highest BCUT2D eigenvalue weighted by Crippen LogP contribution is 2.25. The highest BCUT2D eigenvalue weighted by atomic mass is 15.1. The van der Waals surface area contributed by atoms with Gasteiger partial charge in [-0.25, -0.2) is 0 Å². The van der Waals surface area contributed by atoms with E-state index in [-0.39, 0.29) is 0 Å². The van der Waals surface area contributed by atoms with Gasteiger partial charge in [0, 0.05) is 12.4 Å². The van der Waals surface area contributed by atoms with Gasteiger partial charge in [0.1, 0.15) is 11.4 Å². The second kappa shape index (κ2) is 4.35. The smallest absolute Gasteiger partial charge is 0.127 e. The molecule has 0 radical (unpaired) electrons. The van der Waals surface area contributed by atoms with Crippen molar-refractivity contribution in [3.05, 3.63) is 36.9 Å². The summed E-state index contributed by atoms with van der Waals surface area (Å²) >= 11 is 0. The molecule has 2 aromatic heterocycles. The maximum Gasteiger partial charge on any atom is 0.127 e. The summed E-state index contributed by atoms with van der Waals surface area (Å²) < 4.78 is 0. The zero-order valence-electron chi connectivity index (χ0n) is 8.41. The van der Waals surface area contributed by atoms with Gasteiger partial charge in [-0.3, -0.25) is 9.97 Å². The van der Waals surface area contributed by atoms with Crippen LogP contribution in [0.15, 0.2) is 47.1 Å². The highest BCUT2D eigenvalue weighted by molar-refractivity contribution is 5.62. The molecule has 6 heteroatoms. The monoisotopic (exact) mass is 214 g/mol. The summed E-state index contributed by atoms with van der Waals surface area (Å²) in [6, 6.07) is 3.31. The first kappa shape index (κ1) is 10.0. The van der Waals surface area contributed by atoms with Gasteiger partial charge in [0.15, 0.2) is 0 Å². The molecule has 16 heavy (non-hydrogen) atoms. The number of nitrogen functional groups attached to an aromatic ring is 2. The van der Waals surface area contributed by atoms with Gasteiger partial charge in [-0.05, 0) is 12.1 Å². The van der Waals surface area contributed by atoms with Crippen LogP contribution in [0.3, 0.4) is 0 Å². The number of rotatable bonds is 2. The van der Waals surface area contributed by atoms with Crippen LogP contribution >= 0.6 is 0 Å². The average Bonchev–Trinajstić information content (AvgIpc) is 2.30. The zero-order valence-corrected chi connectivity index (χ0v) is 8.41. The van der Waals surface area contributed by atoms with Crippen molar-refractivity contribution in [3.8, 4) is 0 Å². The Labute approximate surface area is 92.1 Å². The van der Waals surface area contributed by atoms with E-state index in [0.29, 0.717) is 22.7 Å². The minimum atomic E-state index is 0.505. The number of aromatic nitrogens is 2. The van der Waals surface area contributed by atoms with Crippen molar-refractivity contribution >= 4 is 22.7 Å². The Bertz CT molecular complexity index is 475. The first-order chi connectivity index (χ1) is 7.77. The normalized spacial score (nSPS) is 10.8. The Hall–Kier alpha value is -2.50. The molecule has 0 aromatic carbocycles. The van der Waals surface area contributed by atoms with Crippen LogP contribution in [0.1, 0.15) is 0 Å². The molecule has 4 N–H and O–H groups in total. The molecule has 80 valence electrons. The van der Waals surface area contributed by atoms with E-state index in [1.807, 2.05) is 0 Å². The molecule has 0 aliphatic carbocycles. The quantitative estimate of drug-likeness (QED) is 0.746. The van der Waals surface area contributed by atoms with Crippen molar-refractivity contribution in [1.82, 2.24) is 9.97 Å². The van der Waals surface area contributed by atoms with Crippen molar-refractivity contribution in [1.29, 1.82) is 0 Å². The van der Waals surface area contributed by atoms with Crippen molar-refractivity contribution in [2.24, 2.45) is 10.2 Å². The van der Waals surface area contributed by atoms with Gasteiger partial charge >= 0.3 is 0 Å². The minimum Gasteiger partial charge on any atom is -0.397 e. The Morgan fingerprint density at radius 3 is 1.62 bits per heavy atom. The molecule has 0 aliphatic rings. The molecule has 0 spiro atoms. The Morgan fingerprint density at radius 1 is 0.812 bits per heavy atom. The molecule has 0 saturated heterocycles. The van der Waals surface area contributed by atoms with E-state index in [0.717, 1.165) is 0 Å². The fraction of sp³-hybridized carbons (Fsp3) is 0. The molecule has 0 saturated carbocycles. The molecular formula is C10H10N6. The van der Waals surface area contributed by atoms with Crippen LogP contribution in [0.2, 0.25) is 0 Å². The van der Waals surface area contributed by atoms with E-state index in [4.69, 9.17) is 11.5 Å². The average molecular weight is 214 g/mol. The summed E-state index contributed by atoms with van der Waals surface area (Å²) in [5.41, 5.74) is 13.4. The topological polar surface area (TPSA) is 103 Å². The van der Waals surface area contributed by atoms with Gasteiger partial charge in [0.2, 0.25) is 0 Å². The maximum absolute atomic E-state index is 5.68. The highest BCUT2D eigenvalue weighted by Gasteiger charge is 1.98. The van der Waals surface area contributed by atoms with Crippen LogP contribution in [0, 0.1) is 0 Å². The molecular weight excluding hydrogens is 204 g/mol. The molecule has 0 atom stereocenters. The van der Waals surface area contributed by atoms with Gasteiger partial charge in [-0.1, -0.05) is 0 Å². The lowest BCUT2D eigenvalue weighted by Gasteiger charge is -1.98.